The van der Waals surface area contributed by atoms with Crippen LogP contribution in [0.4, 0.5) is 0 Å². The summed E-state index contributed by atoms with van der Waals surface area (Å²) >= 11 is 0. The average Bonchev–Trinajstić information content (AvgIpc) is 2.29. The molecule has 0 aliphatic rings. The van der Waals surface area contributed by atoms with E-state index >= 15 is 0 Å². The molecule has 0 aliphatic carbocycles. The predicted molar refractivity (Wildman–Crippen MR) is 66.2 cm³/mol. The number of aryl methyl sites for hydroxylation is 2. The molecule has 3 nitrogen and oxygen atoms in total. The Kier molecular flexibility index (Phi) is 9.02. The molecule has 1 aromatic heterocycles. The van der Waals surface area contributed by atoms with Gasteiger partial charge in [-0.1, -0.05) is 20.3 Å². The van der Waals surface area contributed by atoms with E-state index in [1.807, 2.05) is 0 Å². The molecule has 0 atom stereocenters. The van der Waals surface area contributed by atoms with Gasteiger partial charge in [0.2, 0.25) is 0 Å². The van der Waals surface area contributed by atoms with Crippen LogP contribution >= 0.6 is 0 Å². The fourth-order valence-corrected chi connectivity index (χ4v) is 1.47. The lowest BCUT2D eigenvalue weighted by Gasteiger charge is -1.97. The van der Waals surface area contributed by atoms with E-state index in [2.05, 4.69) is 42.9 Å². The number of unbranched alkanes of at least 4 members (excludes halogenated alkanes) is 2. The molecule has 0 saturated carbocycles. The Labute approximate surface area is 104 Å². The van der Waals surface area contributed by atoms with Crippen LogP contribution in [0.3, 0.4) is 0 Å². The number of pyridine rings is 1. The van der Waals surface area contributed by atoms with Crippen molar-refractivity contribution in [2.45, 2.75) is 53.0 Å². The summed E-state index contributed by atoms with van der Waals surface area (Å²) in [6.45, 7) is 6.58. The quantitative estimate of drug-likeness (QED) is 0.575. The molecule has 0 amide bonds. The first kappa shape index (κ1) is 15.6. The SMILES string of the molecule is CC(=O)[O-].CCCCC[n+]1cccc(CC)c1. The van der Waals surface area contributed by atoms with E-state index in [0.29, 0.717) is 0 Å². The summed E-state index contributed by atoms with van der Waals surface area (Å²) in [7, 11) is 0. The highest BCUT2D eigenvalue weighted by Gasteiger charge is 1.99. The molecule has 0 aromatic carbocycles. The van der Waals surface area contributed by atoms with Gasteiger partial charge in [0.1, 0.15) is 6.54 Å². The number of aliphatic carboxylic acids is 1. The van der Waals surface area contributed by atoms with Gasteiger partial charge in [-0.3, -0.25) is 0 Å². The summed E-state index contributed by atoms with van der Waals surface area (Å²) in [5.41, 5.74) is 1.43. The lowest BCUT2D eigenvalue weighted by atomic mass is 10.2. The van der Waals surface area contributed by atoms with Gasteiger partial charge >= 0.3 is 0 Å². The summed E-state index contributed by atoms with van der Waals surface area (Å²) in [5, 5.41) is 8.89. The molecule has 0 spiro atoms. The lowest BCUT2D eigenvalue weighted by molar-refractivity contribution is -0.697. The standard InChI is InChI=1S/C12H20N.C2H4O2/c1-3-5-6-9-13-10-7-8-12(4-2)11-13;1-2(3)4/h7-8,10-11H,3-6,9H2,1-2H3;1H3,(H,3,4)/q+1;/p-1. The second-order valence-corrected chi connectivity index (χ2v) is 4.00. The van der Waals surface area contributed by atoms with Crippen molar-refractivity contribution in [3.05, 3.63) is 30.1 Å². The number of aromatic nitrogens is 1. The van der Waals surface area contributed by atoms with Crippen molar-refractivity contribution < 1.29 is 14.5 Å². The number of carbonyl (C=O) groups excluding carboxylic acids is 1. The predicted octanol–water partition coefficient (Wildman–Crippen LogP) is 1.48. The molecule has 0 fully saturated rings. The third-order valence-corrected chi connectivity index (χ3v) is 2.35. The Bertz CT molecular complexity index is 320. The van der Waals surface area contributed by atoms with Crippen molar-refractivity contribution in [3.63, 3.8) is 0 Å². The third kappa shape index (κ3) is 9.54. The van der Waals surface area contributed by atoms with Gasteiger partial charge in [0, 0.05) is 24.0 Å². The highest BCUT2D eigenvalue weighted by molar-refractivity contribution is 5.60. The zero-order valence-corrected chi connectivity index (χ0v) is 11.1. The van der Waals surface area contributed by atoms with Crippen LogP contribution in [0.1, 0.15) is 45.6 Å². The van der Waals surface area contributed by atoms with Gasteiger partial charge in [-0.05, 0) is 25.8 Å². The second-order valence-electron chi connectivity index (χ2n) is 4.00. The van der Waals surface area contributed by atoms with Gasteiger partial charge in [-0.2, -0.15) is 0 Å². The van der Waals surface area contributed by atoms with Crippen molar-refractivity contribution in [1.29, 1.82) is 0 Å². The Morgan fingerprint density at radius 1 is 1.35 bits per heavy atom. The van der Waals surface area contributed by atoms with E-state index in [1.165, 1.54) is 31.4 Å². The minimum Gasteiger partial charge on any atom is -0.550 e. The Balaban J connectivity index is 0.000000557. The van der Waals surface area contributed by atoms with Crippen molar-refractivity contribution in [1.82, 2.24) is 0 Å². The van der Waals surface area contributed by atoms with Crippen molar-refractivity contribution in [2.24, 2.45) is 0 Å². The molecule has 0 radical (unpaired) electrons. The van der Waals surface area contributed by atoms with E-state index < -0.39 is 5.97 Å². The first-order valence-electron chi connectivity index (χ1n) is 6.25. The first-order valence-corrected chi connectivity index (χ1v) is 6.25. The van der Waals surface area contributed by atoms with Crippen LogP contribution in [-0.4, -0.2) is 5.97 Å². The van der Waals surface area contributed by atoms with Gasteiger partial charge in [0.15, 0.2) is 12.4 Å². The molecule has 3 heteroatoms. The van der Waals surface area contributed by atoms with E-state index in [1.54, 1.807) is 0 Å². The van der Waals surface area contributed by atoms with Gasteiger partial charge < -0.3 is 9.90 Å². The number of carboxylic acids is 1. The van der Waals surface area contributed by atoms with E-state index in [-0.39, 0.29) is 0 Å². The molecule has 17 heavy (non-hydrogen) atoms. The second kappa shape index (κ2) is 9.82. The summed E-state index contributed by atoms with van der Waals surface area (Å²) in [5.74, 6) is -1.08. The minimum absolute atomic E-state index is 0.972. The summed E-state index contributed by atoms with van der Waals surface area (Å²) < 4.78 is 2.30. The smallest absolute Gasteiger partial charge is 0.171 e. The zero-order chi connectivity index (χ0) is 13.1. The van der Waals surface area contributed by atoms with Gasteiger partial charge in [0.25, 0.3) is 0 Å². The van der Waals surface area contributed by atoms with Crippen LogP contribution in [0, 0.1) is 0 Å². The van der Waals surface area contributed by atoms with Gasteiger partial charge in [-0.25, -0.2) is 4.57 Å². The number of rotatable bonds is 5. The largest absolute Gasteiger partial charge is 0.550 e. The fourth-order valence-electron chi connectivity index (χ4n) is 1.47. The molecule has 1 rings (SSSR count). The monoisotopic (exact) mass is 237 g/mol. The van der Waals surface area contributed by atoms with Crippen LogP contribution in [0.5, 0.6) is 0 Å². The normalized spacial score (nSPS) is 9.35. The number of carboxylic acid groups (broad SMARTS) is 1. The molecule has 0 N–H and O–H groups in total. The molecule has 1 aromatic rings. The number of carbonyl (C=O) groups is 1. The van der Waals surface area contributed by atoms with E-state index in [9.17, 15) is 0 Å². The molecule has 0 bridgehead atoms. The topological polar surface area (TPSA) is 44.0 Å². The Hall–Kier alpha value is -1.38. The maximum absolute atomic E-state index is 8.89. The Morgan fingerprint density at radius 3 is 2.53 bits per heavy atom. The van der Waals surface area contributed by atoms with Gasteiger partial charge in [0.05, 0.1) is 0 Å². The molecular formula is C14H23NO2. The Morgan fingerprint density at radius 2 is 2.00 bits per heavy atom. The summed E-state index contributed by atoms with van der Waals surface area (Å²) in [6, 6.07) is 4.33. The van der Waals surface area contributed by atoms with Crippen LogP contribution in [0.2, 0.25) is 0 Å². The summed E-state index contributed by atoms with van der Waals surface area (Å²) in [4.78, 5) is 8.89. The lowest BCUT2D eigenvalue weighted by Crippen LogP contribution is -2.33. The average molecular weight is 237 g/mol. The first-order chi connectivity index (χ1) is 8.10. The fraction of sp³-hybridized carbons (Fsp3) is 0.571. The van der Waals surface area contributed by atoms with Crippen molar-refractivity contribution >= 4 is 5.97 Å². The molecular weight excluding hydrogens is 214 g/mol. The molecule has 1 heterocycles. The van der Waals surface area contributed by atoms with Crippen LogP contribution in [0.25, 0.3) is 0 Å². The maximum Gasteiger partial charge on any atom is 0.171 e. The van der Waals surface area contributed by atoms with E-state index in [0.717, 1.165) is 13.3 Å². The van der Waals surface area contributed by atoms with Crippen LogP contribution in [0.15, 0.2) is 24.5 Å². The number of hydrogen-bond acceptors (Lipinski definition) is 2. The molecule has 96 valence electrons. The van der Waals surface area contributed by atoms with Crippen molar-refractivity contribution in [2.75, 3.05) is 0 Å². The van der Waals surface area contributed by atoms with Crippen LogP contribution in [-0.2, 0) is 17.8 Å². The van der Waals surface area contributed by atoms with Crippen LogP contribution < -0.4 is 9.67 Å². The molecule has 0 aliphatic heterocycles. The number of nitrogens with zero attached hydrogens (tertiary/aromatic N) is 1. The number of hydrogen-bond donors (Lipinski definition) is 0. The van der Waals surface area contributed by atoms with E-state index in [4.69, 9.17) is 9.90 Å². The molecule has 0 unspecified atom stereocenters. The van der Waals surface area contributed by atoms with Gasteiger partial charge in [-0.15, -0.1) is 0 Å². The third-order valence-electron chi connectivity index (χ3n) is 2.35. The molecule has 0 saturated heterocycles. The summed E-state index contributed by atoms with van der Waals surface area (Å²) in [6.07, 6.45) is 9.49. The van der Waals surface area contributed by atoms with Crippen molar-refractivity contribution in [3.8, 4) is 0 Å². The highest BCUT2D eigenvalue weighted by Crippen LogP contribution is 1.97. The highest BCUT2D eigenvalue weighted by atomic mass is 16.4. The minimum atomic E-state index is -1.08. The zero-order valence-electron chi connectivity index (χ0n) is 11.1. The maximum atomic E-state index is 8.89.